The lowest BCUT2D eigenvalue weighted by Crippen LogP contribution is -2.54. The third-order valence-electron chi connectivity index (χ3n) is 6.61. The molecule has 8 nitrogen and oxygen atoms in total. The molecule has 2 atom stereocenters. The molecular formula is C25H45N5O3S. The quantitative estimate of drug-likeness (QED) is 0.0951. The molecule has 2 rings (SSSR count). The Kier molecular flexibility index (Phi) is 14.4. The molecule has 194 valence electrons. The molecule has 9 heteroatoms. The molecule has 34 heavy (non-hydrogen) atoms. The van der Waals surface area contributed by atoms with Crippen LogP contribution in [0.3, 0.4) is 0 Å². The highest BCUT2D eigenvalue weighted by atomic mass is 32.2. The van der Waals surface area contributed by atoms with Crippen LogP contribution in [0.4, 0.5) is 0 Å². The first-order valence-electron chi connectivity index (χ1n) is 12.9. The van der Waals surface area contributed by atoms with Gasteiger partial charge in [0.15, 0.2) is 10.3 Å². The van der Waals surface area contributed by atoms with Crippen molar-refractivity contribution in [2.75, 3.05) is 32.7 Å². The van der Waals surface area contributed by atoms with E-state index >= 15 is 0 Å². The largest absolute Gasteiger partial charge is 0.735 e. The van der Waals surface area contributed by atoms with E-state index in [4.69, 9.17) is 5.53 Å². The maximum Gasteiger partial charge on any atom is 0.162 e. The molecule has 0 N–H and O–H groups in total. The normalized spacial score (nSPS) is 18.4. The van der Waals surface area contributed by atoms with E-state index in [-0.39, 0.29) is 6.54 Å². The van der Waals surface area contributed by atoms with Crippen LogP contribution in [0.5, 0.6) is 0 Å². The average Bonchev–Trinajstić information content (AvgIpc) is 2.81. The van der Waals surface area contributed by atoms with Gasteiger partial charge in [-0.1, -0.05) is 88.8 Å². The Morgan fingerprint density at radius 2 is 1.38 bits per heavy atom. The summed E-state index contributed by atoms with van der Waals surface area (Å²) in [5, 5.41) is 3.49. The summed E-state index contributed by atoms with van der Waals surface area (Å²) in [6.07, 6.45) is 11.1. The molecule has 0 saturated carbocycles. The Morgan fingerprint density at radius 3 is 1.74 bits per heavy atom. The van der Waals surface area contributed by atoms with E-state index in [1.807, 2.05) is 0 Å². The Bertz CT molecular complexity index is 791. The first-order valence-corrected chi connectivity index (χ1v) is 14.3. The van der Waals surface area contributed by atoms with Crippen molar-refractivity contribution < 1.29 is 17.5 Å². The van der Waals surface area contributed by atoms with E-state index in [9.17, 15) is 13.0 Å². The third-order valence-corrected chi connectivity index (χ3v) is 7.56. The van der Waals surface area contributed by atoms with Crippen LogP contribution in [0.1, 0.15) is 90.7 Å². The number of nitrogens with zero attached hydrogens (tertiary/aromatic N) is 5. The second-order valence-electron chi connectivity index (χ2n) is 9.31. The Morgan fingerprint density at radius 1 is 0.941 bits per heavy atom. The van der Waals surface area contributed by atoms with Gasteiger partial charge in [-0.25, -0.2) is 12.7 Å². The lowest BCUT2D eigenvalue weighted by Gasteiger charge is -2.46. The standard InChI is InChI=1S/C16H36N.C9H10N4O3S/c1-5-9-13-17(14-10-6-2,15-11-7-3)16-12-8-4;10-12-11-8-6-13(17(14,15)16)9(8)7-4-2-1-3-5-7/h5-16H2,1-4H3;1-5,8-9H,6H2,(H,14,15,16)/q+1;/p-1/t;8-,9+/m.1/s1. The van der Waals surface area contributed by atoms with Crippen molar-refractivity contribution in [1.29, 1.82) is 0 Å². The minimum Gasteiger partial charge on any atom is -0.735 e. The Hall–Kier alpha value is -1.64. The highest BCUT2D eigenvalue weighted by Crippen LogP contribution is 2.37. The minimum absolute atomic E-state index is 0.0601. The van der Waals surface area contributed by atoms with Crippen LogP contribution in [-0.2, 0) is 10.3 Å². The molecule has 0 unspecified atom stereocenters. The summed E-state index contributed by atoms with van der Waals surface area (Å²) in [5.41, 5.74) is 9.02. The van der Waals surface area contributed by atoms with Gasteiger partial charge in [0.05, 0.1) is 38.3 Å². The summed E-state index contributed by atoms with van der Waals surface area (Å²) in [5.74, 6) is 0. The fourth-order valence-corrected chi connectivity index (χ4v) is 5.41. The van der Waals surface area contributed by atoms with Crippen molar-refractivity contribution >= 4 is 10.3 Å². The maximum atomic E-state index is 11.0. The predicted molar refractivity (Wildman–Crippen MR) is 138 cm³/mol. The average molecular weight is 496 g/mol. The Labute approximate surface area is 207 Å². The van der Waals surface area contributed by atoms with Gasteiger partial charge in [-0.3, -0.25) is 0 Å². The summed E-state index contributed by atoms with van der Waals surface area (Å²) in [6.45, 7) is 15.0. The van der Waals surface area contributed by atoms with Crippen LogP contribution < -0.4 is 0 Å². The zero-order valence-corrected chi connectivity index (χ0v) is 22.4. The van der Waals surface area contributed by atoms with E-state index in [1.54, 1.807) is 30.3 Å². The van der Waals surface area contributed by atoms with E-state index in [0.29, 0.717) is 5.56 Å². The smallest absolute Gasteiger partial charge is 0.162 e. The monoisotopic (exact) mass is 495 g/mol. The van der Waals surface area contributed by atoms with Gasteiger partial charge in [0.25, 0.3) is 0 Å². The van der Waals surface area contributed by atoms with Gasteiger partial charge in [-0.2, -0.15) is 0 Å². The first kappa shape index (κ1) is 30.4. The zero-order valence-electron chi connectivity index (χ0n) is 21.6. The molecule has 0 radical (unpaired) electrons. The molecule has 1 aliphatic heterocycles. The first-order chi connectivity index (χ1) is 16.3. The summed E-state index contributed by atoms with van der Waals surface area (Å²) in [7, 11) is -4.51. The van der Waals surface area contributed by atoms with Crippen molar-refractivity contribution in [3.8, 4) is 0 Å². The van der Waals surface area contributed by atoms with Crippen LogP contribution in [0.25, 0.3) is 10.4 Å². The van der Waals surface area contributed by atoms with E-state index < -0.39 is 22.4 Å². The number of benzene rings is 1. The molecule has 1 heterocycles. The van der Waals surface area contributed by atoms with Crippen molar-refractivity contribution in [2.45, 2.75) is 91.1 Å². The number of quaternary nitrogens is 1. The fraction of sp³-hybridized carbons (Fsp3) is 0.760. The van der Waals surface area contributed by atoms with Crippen molar-refractivity contribution in [1.82, 2.24) is 4.31 Å². The molecule has 1 aromatic carbocycles. The third kappa shape index (κ3) is 9.92. The molecule has 0 aromatic heterocycles. The van der Waals surface area contributed by atoms with Gasteiger partial charge in [0, 0.05) is 11.5 Å². The summed E-state index contributed by atoms with van der Waals surface area (Å²) < 4.78 is 35.2. The van der Waals surface area contributed by atoms with Gasteiger partial charge in [0.2, 0.25) is 0 Å². The molecule has 1 aromatic rings. The number of azide groups is 1. The molecule has 0 aliphatic carbocycles. The van der Waals surface area contributed by atoms with Gasteiger partial charge < -0.3 is 9.04 Å². The summed E-state index contributed by atoms with van der Waals surface area (Å²) in [6, 6.07) is 7.43. The summed E-state index contributed by atoms with van der Waals surface area (Å²) >= 11 is 0. The summed E-state index contributed by atoms with van der Waals surface area (Å²) in [4.78, 5) is 2.65. The second kappa shape index (κ2) is 16.1. The molecular weight excluding hydrogens is 450 g/mol. The van der Waals surface area contributed by atoms with Crippen LogP contribution in [0.2, 0.25) is 0 Å². The van der Waals surface area contributed by atoms with Crippen LogP contribution in [0, 0.1) is 0 Å². The fourth-order valence-electron chi connectivity index (χ4n) is 4.53. The van der Waals surface area contributed by atoms with E-state index in [0.717, 1.165) is 4.31 Å². The number of rotatable bonds is 15. The number of hydrogen-bond acceptors (Lipinski definition) is 4. The van der Waals surface area contributed by atoms with Crippen LogP contribution in [0.15, 0.2) is 35.4 Å². The zero-order chi connectivity index (χ0) is 25.5. The van der Waals surface area contributed by atoms with Crippen molar-refractivity contribution in [3.05, 3.63) is 46.3 Å². The van der Waals surface area contributed by atoms with Crippen molar-refractivity contribution in [2.24, 2.45) is 5.11 Å². The van der Waals surface area contributed by atoms with E-state index in [1.165, 1.54) is 82.0 Å². The highest BCUT2D eigenvalue weighted by molar-refractivity contribution is 7.83. The molecule has 0 amide bonds. The van der Waals surface area contributed by atoms with Crippen LogP contribution in [-0.4, -0.2) is 60.5 Å². The lowest BCUT2D eigenvalue weighted by molar-refractivity contribution is -0.929. The molecule has 1 fully saturated rings. The lowest BCUT2D eigenvalue weighted by atomic mass is 9.93. The molecule has 1 aliphatic rings. The number of unbranched alkanes of at least 4 members (excludes halogenated alkanes) is 4. The molecule has 1 saturated heterocycles. The van der Waals surface area contributed by atoms with E-state index in [2.05, 4.69) is 37.7 Å². The Balaban J connectivity index is 0.000000340. The molecule has 0 bridgehead atoms. The SMILES string of the molecule is CCCC[N+](CCCC)(CCCC)CCCC.[N-]=[N+]=N[C@@H]1CN(S(=O)(=O)[O-])[C@H]1c1ccccc1. The van der Waals surface area contributed by atoms with Gasteiger partial charge in [-0.05, 0) is 36.8 Å². The predicted octanol–water partition coefficient (Wildman–Crippen LogP) is 6.19. The minimum atomic E-state index is -4.51. The van der Waals surface area contributed by atoms with Gasteiger partial charge >= 0.3 is 0 Å². The maximum absolute atomic E-state index is 11.0. The van der Waals surface area contributed by atoms with Gasteiger partial charge in [0.1, 0.15) is 0 Å². The highest BCUT2D eigenvalue weighted by Gasteiger charge is 2.42. The number of hydrogen-bond donors (Lipinski definition) is 0. The topological polar surface area (TPSA) is 109 Å². The van der Waals surface area contributed by atoms with Crippen LogP contribution >= 0.6 is 0 Å². The second-order valence-corrected chi connectivity index (χ2v) is 10.6. The van der Waals surface area contributed by atoms with Gasteiger partial charge in [-0.15, -0.1) is 0 Å². The van der Waals surface area contributed by atoms with Crippen molar-refractivity contribution in [3.63, 3.8) is 0 Å². The molecule has 0 spiro atoms.